The van der Waals surface area contributed by atoms with Crippen LogP contribution in [0, 0.1) is 6.92 Å². The Morgan fingerprint density at radius 2 is 1.84 bits per heavy atom. The highest BCUT2D eigenvalue weighted by molar-refractivity contribution is 6.02. The highest BCUT2D eigenvalue weighted by Gasteiger charge is 2.42. The van der Waals surface area contributed by atoms with Crippen molar-refractivity contribution in [2.75, 3.05) is 19.5 Å². The Kier molecular flexibility index (Phi) is 4.89. The number of nitrogens with one attached hydrogen (secondary N) is 1. The second-order valence-electron chi connectivity index (χ2n) is 8.13. The lowest BCUT2D eigenvalue weighted by atomic mass is 9.72. The Morgan fingerprint density at radius 1 is 1.06 bits per heavy atom. The summed E-state index contributed by atoms with van der Waals surface area (Å²) >= 11 is 0. The number of carbonyl (C=O) groups is 1. The fourth-order valence-electron chi connectivity index (χ4n) is 4.98. The Labute approximate surface area is 185 Å². The highest BCUT2D eigenvalue weighted by atomic mass is 16.5. The van der Waals surface area contributed by atoms with Gasteiger partial charge in [-0.2, -0.15) is 0 Å². The number of fused-ring (bicyclic) bond motifs is 1. The molecule has 2 aliphatic rings. The summed E-state index contributed by atoms with van der Waals surface area (Å²) in [6.07, 6.45) is 0.876. The molecule has 1 aliphatic carbocycles. The number of aromatic hydroxyl groups is 1. The van der Waals surface area contributed by atoms with Crippen molar-refractivity contribution < 1.29 is 23.9 Å². The first-order valence-electron chi connectivity index (χ1n) is 10.5. The number of rotatable bonds is 4. The van der Waals surface area contributed by atoms with Crippen LogP contribution in [0.1, 0.15) is 47.1 Å². The van der Waals surface area contributed by atoms with Crippen LogP contribution in [0.4, 0.5) is 5.88 Å². The van der Waals surface area contributed by atoms with E-state index in [1.807, 2.05) is 37.3 Å². The summed E-state index contributed by atoms with van der Waals surface area (Å²) < 4.78 is 16.8. The average molecular weight is 432 g/mol. The molecule has 0 spiro atoms. The number of ketones is 1. The molecule has 0 saturated carbocycles. The van der Waals surface area contributed by atoms with Gasteiger partial charge in [-0.15, -0.1) is 0 Å². The molecule has 7 heteroatoms. The monoisotopic (exact) mass is 432 g/mol. The largest absolute Gasteiger partial charge is 0.508 e. The van der Waals surface area contributed by atoms with Gasteiger partial charge in [0.25, 0.3) is 0 Å². The molecule has 0 unspecified atom stereocenters. The van der Waals surface area contributed by atoms with E-state index in [0.29, 0.717) is 41.5 Å². The molecule has 7 nitrogen and oxygen atoms in total. The molecule has 2 atom stereocenters. The Balaban J connectivity index is 1.68. The van der Waals surface area contributed by atoms with E-state index >= 15 is 0 Å². The van der Waals surface area contributed by atoms with Gasteiger partial charge in [-0.3, -0.25) is 4.79 Å². The van der Waals surface area contributed by atoms with Gasteiger partial charge in [-0.25, -0.2) is 0 Å². The van der Waals surface area contributed by atoms with Crippen molar-refractivity contribution in [2.24, 2.45) is 0 Å². The maximum atomic E-state index is 13.6. The number of phenols is 1. The minimum Gasteiger partial charge on any atom is -0.508 e. The molecule has 164 valence electrons. The van der Waals surface area contributed by atoms with Crippen LogP contribution in [0.15, 0.2) is 58.3 Å². The molecule has 2 N–H and O–H groups in total. The van der Waals surface area contributed by atoms with Gasteiger partial charge in [0.2, 0.25) is 5.88 Å². The number of Topliss-reactive ketones (excluding diaryl/α,β-unsaturated/α-hetero) is 1. The van der Waals surface area contributed by atoms with Crippen molar-refractivity contribution in [1.82, 2.24) is 5.16 Å². The predicted octanol–water partition coefficient (Wildman–Crippen LogP) is 4.66. The number of nitrogens with zero attached hydrogens (tertiary/aromatic N) is 1. The molecule has 0 bridgehead atoms. The molecule has 32 heavy (non-hydrogen) atoms. The van der Waals surface area contributed by atoms with Crippen LogP contribution >= 0.6 is 0 Å². The molecule has 2 heterocycles. The van der Waals surface area contributed by atoms with Gasteiger partial charge in [0.15, 0.2) is 17.3 Å². The molecule has 0 fully saturated rings. The van der Waals surface area contributed by atoms with Crippen LogP contribution in [-0.4, -0.2) is 30.3 Å². The summed E-state index contributed by atoms with van der Waals surface area (Å²) in [6.45, 7) is 1.87. The summed E-state index contributed by atoms with van der Waals surface area (Å²) in [5.74, 6) is 1.40. The molecule has 1 aliphatic heterocycles. The van der Waals surface area contributed by atoms with E-state index in [1.54, 1.807) is 26.4 Å². The number of benzene rings is 2. The summed E-state index contributed by atoms with van der Waals surface area (Å²) in [5, 5.41) is 17.8. The van der Waals surface area contributed by atoms with Crippen LogP contribution in [0.3, 0.4) is 0 Å². The van der Waals surface area contributed by atoms with Crippen molar-refractivity contribution in [3.05, 3.63) is 76.1 Å². The number of hydrogen-bond acceptors (Lipinski definition) is 7. The van der Waals surface area contributed by atoms with Crippen LogP contribution in [-0.2, 0) is 4.79 Å². The number of para-hydroxylation sites is 2. The van der Waals surface area contributed by atoms with E-state index in [2.05, 4.69) is 10.5 Å². The Morgan fingerprint density at radius 3 is 2.59 bits per heavy atom. The SMILES string of the molecule is COc1cccc([C@H]2C3=C(C[C@@H](c4ccccc4O)CC3=O)Nc3onc(C)c32)c1OC. The van der Waals surface area contributed by atoms with Crippen molar-refractivity contribution >= 4 is 11.7 Å². The van der Waals surface area contributed by atoms with Crippen molar-refractivity contribution in [1.29, 1.82) is 0 Å². The molecule has 5 rings (SSSR count). The van der Waals surface area contributed by atoms with Crippen molar-refractivity contribution in [3.8, 4) is 17.2 Å². The van der Waals surface area contributed by atoms with Gasteiger partial charge in [0, 0.05) is 29.2 Å². The second kappa shape index (κ2) is 7.75. The minimum absolute atomic E-state index is 0.0214. The van der Waals surface area contributed by atoms with E-state index in [-0.39, 0.29) is 17.5 Å². The van der Waals surface area contributed by atoms with Crippen LogP contribution in [0.2, 0.25) is 0 Å². The van der Waals surface area contributed by atoms with Gasteiger partial charge < -0.3 is 24.4 Å². The number of anilines is 1. The van der Waals surface area contributed by atoms with Crippen molar-refractivity contribution in [2.45, 2.75) is 31.6 Å². The molecular weight excluding hydrogens is 408 g/mol. The van der Waals surface area contributed by atoms with Gasteiger partial charge in [0.05, 0.1) is 31.4 Å². The summed E-state index contributed by atoms with van der Waals surface area (Å²) in [4.78, 5) is 13.6. The molecule has 0 amide bonds. The lowest BCUT2D eigenvalue weighted by molar-refractivity contribution is -0.116. The van der Waals surface area contributed by atoms with Crippen LogP contribution < -0.4 is 14.8 Å². The standard InChI is InChI=1S/C25H24N2O5/c1-13-21-22(16-8-6-10-20(30-2)24(16)31-3)23-17(26-25(21)32-27-13)11-14(12-19(23)29)15-7-4-5-9-18(15)28/h4-10,14,22,26,28H,11-12H2,1-3H3/t14-,22-/m1/s1. The van der Waals surface area contributed by atoms with Crippen LogP contribution in [0.25, 0.3) is 0 Å². The van der Waals surface area contributed by atoms with E-state index in [9.17, 15) is 9.90 Å². The zero-order valence-corrected chi connectivity index (χ0v) is 18.1. The Bertz CT molecular complexity index is 1240. The minimum atomic E-state index is -0.393. The van der Waals surface area contributed by atoms with E-state index in [0.717, 1.165) is 22.4 Å². The quantitative estimate of drug-likeness (QED) is 0.619. The van der Waals surface area contributed by atoms with Gasteiger partial charge in [0.1, 0.15) is 5.75 Å². The summed E-state index contributed by atoms with van der Waals surface area (Å²) in [5.41, 5.74) is 4.59. The van der Waals surface area contributed by atoms with Gasteiger partial charge in [-0.05, 0) is 31.0 Å². The van der Waals surface area contributed by atoms with E-state index in [4.69, 9.17) is 14.0 Å². The first kappa shape index (κ1) is 20.2. The second-order valence-corrected chi connectivity index (χ2v) is 8.13. The van der Waals surface area contributed by atoms with Gasteiger partial charge >= 0.3 is 0 Å². The number of carbonyl (C=O) groups excluding carboxylic acids is 1. The van der Waals surface area contributed by atoms with Crippen molar-refractivity contribution in [3.63, 3.8) is 0 Å². The van der Waals surface area contributed by atoms with E-state index < -0.39 is 5.92 Å². The number of methoxy groups -OCH3 is 2. The zero-order chi connectivity index (χ0) is 22.4. The summed E-state index contributed by atoms with van der Waals surface area (Å²) in [7, 11) is 3.18. The number of phenolic OH excluding ortho intramolecular Hbond substituents is 1. The third-order valence-corrected chi connectivity index (χ3v) is 6.38. The topological polar surface area (TPSA) is 93.8 Å². The number of ether oxygens (including phenoxy) is 2. The third kappa shape index (κ3) is 3.04. The first-order chi connectivity index (χ1) is 15.5. The highest BCUT2D eigenvalue weighted by Crippen LogP contribution is 2.52. The fourth-order valence-corrected chi connectivity index (χ4v) is 4.98. The summed E-state index contributed by atoms with van der Waals surface area (Å²) in [6, 6.07) is 12.8. The Hall–Kier alpha value is -3.74. The average Bonchev–Trinajstić information content (AvgIpc) is 3.17. The maximum absolute atomic E-state index is 13.6. The normalized spacial score (nSPS) is 19.8. The first-order valence-corrected chi connectivity index (χ1v) is 10.5. The molecule has 1 aromatic heterocycles. The fraction of sp³-hybridized carbons (Fsp3) is 0.280. The lowest BCUT2D eigenvalue weighted by Crippen LogP contribution is -2.29. The smallest absolute Gasteiger partial charge is 0.233 e. The molecule has 0 saturated heterocycles. The van der Waals surface area contributed by atoms with E-state index in [1.165, 1.54) is 0 Å². The zero-order valence-electron chi connectivity index (χ0n) is 18.1. The molecule has 3 aromatic rings. The van der Waals surface area contributed by atoms with Crippen LogP contribution in [0.5, 0.6) is 17.2 Å². The van der Waals surface area contributed by atoms with Gasteiger partial charge in [-0.1, -0.05) is 35.5 Å². The third-order valence-electron chi connectivity index (χ3n) is 6.38. The number of aryl methyl sites for hydroxylation is 1. The number of aromatic nitrogens is 1. The predicted molar refractivity (Wildman–Crippen MR) is 118 cm³/mol. The molecular formula is C25H24N2O5. The number of allylic oxidation sites excluding steroid dienone is 2. The number of hydrogen-bond donors (Lipinski definition) is 2. The lowest BCUT2D eigenvalue weighted by Gasteiger charge is -2.35. The maximum Gasteiger partial charge on any atom is 0.233 e. The molecule has 2 aromatic carbocycles. The molecule has 0 radical (unpaired) electrons.